The summed E-state index contributed by atoms with van der Waals surface area (Å²) in [5, 5.41) is 3.14. The molecule has 0 saturated carbocycles. The third-order valence-corrected chi connectivity index (χ3v) is 3.46. The summed E-state index contributed by atoms with van der Waals surface area (Å²) < 4.78 is 1.88. The molecule has 1 heterocycles. The van der Waals surface area contributed by atoms with E-state index < -0.39 is 0 Å². The van der Waals surface area contributed by atoms with Gasteiger partial charge < -0.3 is 11.1 Å². The molecule has 0 unspecified atom stereocenters. The van der Waals surface area contributed by atoms with Crippen LogP contribution in [-0.4, -0.2) is 15.0 Å². The molecule has 2 aromatic rings. The summed E-state index contributed by atoms with van der Waals surface area (Å²) in [6, 6.07) is 5.76. The molecule has 1 aromatic heterocycles. The number of hydrogen-bond donors (Lipinski definition) is 2. The Balaban J connectivity index is 2.37. The molecule has 0 aliphatic rings. The van der Waals surface area contributed by atoms with E-state index in [1.807, 2.05) is 18.2 Å². The van der Waals surface area contributed by atoms with Crippen LogP contribution in [0.25, 0.3) is 0 Å². The van der Waals surface area contributed by atoms with E-state index in [4.69, 9.17) is 18.0 Å². The van der Waals surface area contributed by atoms with Gasteiger partial charge in [0, 0.05) is 21.3 Å². The van der Waals surface area contributed by atoms with Crippen LogP contribution >= 0.6 is 44.1 Å². The van der Waals surface area contributed by atoms with Gasteiger partial charge in [-0.3, -0.25) is 0 Å². The minimum Gasteiger partial charge on any atom is -0.388 e. The average Bonchev–Trinajstić information content (AvgIpc) is 2.33. The lowest BCUT2D eigenvalue weighted by molar-refractivity contribution is 1.18. The van der Waals surface area contributed by atoms with Gasteiger partial charge in [-0.1, -0.05) is 28.1 Å². The first-order valence-corrected chi connectivity index (χ1v) is 6.90. The van der Waals surface area contributed by atoms with Crippen molar-refractivity contribution in [3.8, 4) is 0 Å². The number of nitrogens with zero attached hydrogens (tertiary/aromatic N) is 2. The van der Waals surface area contributed by atoms with E-state index in [2.05, 4.69) is 47.1 Å². The molecule has 0 aliphatic heterocycles. The lowest BCUT2D eigenvalue weighted by atomic mass is 10.3. The summed E-state index contributed by atoms with van der Waals surface area (Å²) in [5.74, 6) is 0.535. The van der Waals surface area contributed by atoms with Crippen molar-refractivity contribution >= 4 is 60.6 Å². The van der Waals surface area contributed by atoms with E-state index in [1.165, 1.54) is 0 Å². The quantitative estimate of drug-likeness (QED) is 0.790. The van der Waals surface area contributed by atoms with E-state index >= 15 is 0 Å². The Morgan fingerprint density at radius 3 is 2.61 bits per heavy atom. The van der Waals surface area contributed by atoms with Crippen LogP contribution in [0, 0.1) is 0 Å². The molecule has 0 fully saturated rings. The van der Waals surface area contributed by atoms with Crippen molar-refractivity contribution in [2.24, 2.45) is 5.73 Å². The summed E-state index contributed by atoms with van der Waals surface area (Å²) in [4.78, 5) is 8.50. The summed E-state index contributed by atoms with van der Waals surface area (Å²) in [7, 11) is 0. The highest BCUT2D eigenvalue weighted by molar-refractivity contribution is 9.11. The molecule has 2 rings (SSSR count). The summed E-state index contributed by atoms with van der Waals surface area (Å²) in [6.07, 6.45) is 3.13. The van der Waals surface area contributed by atoms with E-state index in [-0.39, 0.29) is 4.99 Å². The van der Waals surface area contributed by atoms with Gasteiger partial charge in [0.15, 0.2) is 5.82 Å². The number of anilines is 2. The molecule has 18 heavy (non-hydrogen) atoms. The van der Waals surface area contributed by atoms with Crippen molar-refractivity contribution in [2.45, 2.75) is 0 Å². The lowest BCUT2D eigenvalue weighted by Crippen LogP contribution is -2.15. The number of rotatable bonds is 3. The first-order chi connectivity index (χ1) is 8.58. The molecule has 0 radical (unpaired) electrons. The fourth-order valence-corrected chi connectivity index (χ4v) is 2.62. The predicted octanol–water partition coefficient (Wildman–Crippen LogP) is 3.38. The highest BCUT2D eigenvalue weighted by Gasteiger charge is 2.09. The summed E-state index contributed by atoms with van der Waals surface area (Å²) in [5.41, 5.74) is 6.93. The number of thiocarbonyl (C=S) groups is 1. The number of nitrogens with one attached hydrogen (secondary N) is 1. The minimum absolute atomic E-state index is 0.207. The fourth-order valence-electron chi connectivity index (χ4n) is 1.33. The van der Waals surface area contributed by atoms with E-state index in [0.29, 0.717) is 11.5 Å². The van der Waals surface area contributed by atoms with Gasteiger partial charge in [0.05, 0.1) is 5.69 Å². The van der Waals surface area contributed by atoms with Crippen LogP contribution in [0.4, 0.5) is 11.5 Å². The number of benzene rings is 1. The van der Waals surface area contributed by atoms with Crippen molar-refractivity contribution in [2.75, 3.05) is 5.32 Å². The van der Waals surface area contributed by atoms with Crippen LogP contribution in [0.2, 0.25) is 0 Å². The zero-order chi connectivity index (χ0) is 13.1. The second kappa shape index (κ2) is 5.73. The molecule has 7 heteroatoms. The monoisotopic (exact) mass is 386 g/mol. The Kier molecular flexibility index (Phi) is 4.26. The third kappa shape index (κ3) is 3.04. The number of hydrogen-bond acceptors (Lipinski definition) is 4. The Hall–Kier alpha value is -1.05. The van der Waals surface area contributed by atoms with Crippen LogP contribution in [-0.2, 0) is 0 Å². The zero-order valence-corrected chi connectivity index (χ0v) is 13.0. The van der Waals surface area contributed by atoms with Gasteiger partial charge >= 0.3 is 0 Å². The molecule has 92 valence electrons. The zero-order valence-electron chi connectivity index (χ0n) is 9.02. The largest absolute Gasteiger partial charge is 0.388 e. The van der Waals surface area contributed by atoms with E-state index in [9.17, 15) is 0 Å². The Bertz CT molecular complexity index is 603. The van der Waals surface area contributed by atoms with Gasteiger partial charge in [-0.05, 0) is 34.1 Å². The number of halogens is 2. The maximum Gasteiger partial charge on any atom is 0.159 e. The molecule has 0 spiro atoms. The van der Waals surface area contributed by atoms with Gasteiger partial charge in [-0.25, -0.2) is 9.97 Å². The smallest absolute Gasteiger partial charge is 0.159 e. The normalized spacial score (nSPS) is 10.1. The van der Waals surface area contributed by atoms with Crippen LogP contribution < -0.4 is 11.1 Å². The third-order valence-electron chi connectivity index (χ3n) is 2.12. The molecule has 3 N–H and O–H groups in total. The SMILES string of the molecule is NC(=S)c1nccnc1Nc1ccc(Br)cc1Br. The van der Waals surface area contributed by atoms with Crippen molar-refractivity contribution in [3.05, 3.63) is 45.2 Å². The fraction of sp³-hybridized carbons (Fsp3) is 0. The average molecular weight is 388 g/mol. The first kappa shape index (κ1) is 13.4. The van der Waals surface area contributed by atoms with Crippen LogP contribution in [0.15, 0.2) is 39.5 Å². The summed E-state index contributed by atoms with van der Waals surface area (Å²) >= 11 is 11.8. The summed E-state index contributed by atoms with van der Waals surface area (Å²) in [6.45, 7) is 0. The standard InChI is InChI=1S/C11H8Br2N4S/c12-6-1-2-8(7(13)5-6)17-11-9(10(14)18)15-3-4-16-11/h1-5H,(H2,14,18)(H,16,17). The highest BCUT2D eigenvalue weighted by Crippen LogP contribution is 2.28. The van der Waals surface area contributed by atoms with Crippen LogP contribution in [0.5, 0.6) is 0 Å². The molecule has 0 aliphatic carbocycles. The van der Waals surface area contributed by atoms with Crippen LogP contribution in [0.3, 0.4) is 0 Å². The van der Waals surface area contributed by atoms with Crippen LogP contribution in [0.1, 0.15) is 5.69 Å². The molecular formula is C11H8Br2N4S. The molecular weight excluding hydrogens is 380 g/mol. The number of aromatic nitrogens is 2. The Morgan fingerprint density at radius 1 is 1.22 bits per heavy atom. The van der Waals surface area contributed by atoms with Crippen molar-refractivity contribution in [3.63, 3.8) is 0 Å². The van der Waals surface area contributed by atoms with Crippen molar-refractivity contribution < 1.29 is 0 Å². The molecule has 0 amide bonds. The molecule has 0 bridgehead atoms. The van der Waals surface area contributed by atoms with Gasteiger partial charge in [0.1, 0.15) is 10.7 Å². The second-order valence-corrected chi connectivity index (χ2v) is 5.58. The maximum absolute atomic E-state index is 5.60. The number of nitrogens with two attached hydrogens (primary N) is 1. The molecule has 0 atom stereocenters. The Labute approximate surface area is 126 Å². The van der Waals surface area contributed by atoms with E-state index in [0.717, 1.165) is 14.6 Å². The van der Waals surface area contributed by atoms with Crippen molar-refractivity contribution in [1.82, 2.24) is 9.97 Å². The molecule has 0 saturated heterocycles. The maximum atomic E-state index is 5.60. The Morgan fingerprint density at radius 2 is 1.94 bits per heavy atom. The molecule has 1 aromatic carbocycles. The van der Waals surface area contributed by atoms with Gasteiger partial charge in [-0.2, -0.15) is 0 Å². The lowest BCUT2D eigenvalue weighted by Gasteiger charge is -2.10. The minimum atomic E-state index is 0.207. The topological polar surface area (TPSA) is 63.8 Å². The van der Waals surface area contributed by atoms with Gasteiger partial charge in [0.2, 0.25) is 0 Å². The highest BCUT2D eigenvalue weighted by atomic mass is 79.9. The van der Waals surface area contributed by atoms with Gasteiger partial charge in [0.25, 0.3) is 0 Å². The first-order valence-electron chi connectivity index (χ1n) is 4.91. The van der Waals surface area contributed by atoms with E-state index in [1.54, 1.807) is 12.4 Å². The van der Waals surface area contributed by atoms with Crippen molar-refractivity contribution in [1.29, 1.82) is 0 Å². The second-order valence-electron chi connectivity index (χ2n) is 3.37. The predicted molar refractivity (Wildman–Crippen MR) is 83.0 cm³/mol. The molecule has 4 nitrogen and oxygen atoms in total. The van der Waals surface area contributed by atoms with Gasteiger partial charge in [-0.15, -0.1) is 0 Å².